The summed E-state index contributed by atoms with van der Waals surface area (Å²) < 4.78 is 2.02. The van der Waals surface area contributed by atoms with Crippen LogP contribution in [0.1, 0.15) is 23.2 Å². The summed E-state index contributed by atoms with van der Waals surface area (Å²) in [5.41, 5.74) is 0.537. The highest BCUT2D eigenvalue weighted by atomic mass is 35.5. The van der Waals surface area contributed by atoms with E-state index < -0.39 is 0 Å². The molecule has 19 heavy (non-hydrogen) atoms. The van der Waals surface area contributed by atoms with Crippen molar-refractivity contribution < 1.29 is 4.79 Å². The maximum absolute atomic E-state index is 11.8. The van der Waals surface area contributed by atoms with E-state index in [0.29, 0.717) is 17.3 Å². The summed E-state index contributed by atoms with van der Waals surface area (Å²) in [4.78, 5) is 19.6. The number of carbonyl (C=O) groups is 1. The number of halogens is 1. The predicted octanol–water partition coefficient (Wildman–Crippen LogP) is 2.14. The number of hydrogen-bond acceptors (Lipinski definition) is 3. The number of unbranched alkanes of at least 4 members (excludes halogenated alkanes) is 1. The van der Waals surface area contributed by atoms with Crippen LogP contribution >= 0.6 is 11.6 Å². The molecule has 0 aliphatic heterocycles. The summed E-state index contributed by atoms with van der Waals surface area (Å²) >= 11 is 5.73. The quantitative estimate of drug-likeness (QED) is 0.650. The third-order valence-electron chi connectivity index (χ3n) is 2.68. The molecule has 0 atom stereocenters. The fourth-order valence-corrected chi connectivity index (χ4v) is 1.86. The Kier molecular flexibility index (Phi) is 4.92. The summed E-state index contributed by atoms with van der Waals surface area (Å²) in [6.07, 6.45) is 8.91. The minimum atomic E-state index is -0.119. The fraction of sp³-hybridized carbons (Fsp3) is 0.308. The number of imidazole rings is 1. The van der Waals surface area contributed by atoms with Crippen molar-refractivity contribution in [2.75, 3.05) is 6.54 Å². The van der Waals surface area contributed by atoms with E-state index in [1.54, 1.807) is 24.7 Å². The Morgan fingerprint density at radius 1 is 1.37 bits per heavy atom. The molecule has 1 N–H and O–H groups in total. The molecule has 0 spiro atoms. The summed E-state index contributed by atoms with van der Waals surface area (Å²) in [7, 11) is 0. The maximum atomic E-state index is 11.8. The largest absolute Gasteiger partial charge is 0.352 e. The van der Waals surface area contributed by atoms with Gasteiger partial charge in [-0.05, 0) is 25.0 Å². The molecule has 100 valence electrons. The van der Waals surface area contributed by atoms with Gasteiger partial charge in [0.05, 0.1) is 6.33 Å². The van der Waals surface area contributed by atoms with E-state index >= 15 is 0 Å². The molecule has 0 radical (unpaired) electrons. The van der Waals surface area contributed by atoms with E-state index in [1.807, 2.05) is 10.8 Å². The van der Waals surface area contributed by atoms with Crippen LogP contribution in [0, 0.1) is 0 Å². The van der Waals surface area contributed by atoms with Gasteiger partial charge in [-0.15, -0.1) is 0 Å². The van der Waals surface area contributed by atoms with Crippen LogP contribution in [0.4, 0.5) is 0 Å². The summed E-state index contributed by atoms with van der Waals surface area (Å²) in [6.45, 7) is 1.56. The van der Waals surface area contributed by atoms with E-state index in [1.165, 1.54) is 6.20 Å². The second-order valence-corrected chi connectivity index (χ2v) is 4.52. The predicted molar refractivity (Wildman–Crippen MR) is 73.0 cm³/mol. The first-order valence-corrected chi connectivity index (χ1v) is 6.49. The van der Waals surface area contributed by atoms with Crippen molar-refractivity contribution in [3.8, 4) is 0 Å². The van der Waals surface area contributed by atoms with Gasteiger partial charge >= 0.3 is 0 Å². The SMILES string of the molecule is O=C(NCCCCn1ccnc1)c1ccnc(Cl)c1. The van der Waals surface area contributed by atoms with Crippen molar-refractivity contribution in [1.82, 2.24) is 19.9 Å². The van der Waals surface area contributed by atoms with E-state index in [0.717, 1.165) is 19.4 Å². The minimum absolute atomic E-state index is 0.119. The van der Waals surface area contributed by atoms with Crippen molar-refractivity contribution >= 4 is 17.5 Å². The number of nitrogens with zero attached hydrogens (tertiary/aromatic N) is 3. The Labute approximate surface area is 116 Å². The van der Waals surface area contributed by atoms with Gasteiger partial charge in [-0.1, -0.05) is 11.6 Å². The van der Waals surface area contributed by atoms with Crippen LogP contribution in [-0.4, -0.2) is 27.0 Å². The number of amides is 1. The first-order chi connectivity index (χ1) is 9.25. The fourth-order valence-electron chi connectivity index (χ4n) is 1.69. The number of carbonyl (C=O) groups excluding carboxylic acids is 1. The number of hydrogen-bond donors (Lipinski definition) is 1. The van der Waals surface area contributed by atoms with Crippen LogP contribution in [0.15, 0.2) is 37.1 Å². The minimum Gasteiger partial charge on any atom is -0.352 e. The Hall–Kier alpha value is -1.88. The van der Waals surface area contributed by atoms with E-state index in [2.05, 4.69) is 15.3 Å². The van der Waals surface area contributed by atoms with E-state index in [9.17, 15) is 4.79 Å². The highest BCUT2D eigenvalue weighted by Gasteiger charge is 2.05. The topological polar surface area (TPSA) is 59.8 Å². The van der Waals surface area contributed by atoms with Crippen LogP contribution in [0.3, 0.4) is 0 Å². The maximum Gasteiger partial charge on any atom is 0.251 e. The molecule has 2 aromatic rings. The highest BCUT2D eigenvalue weighted by molar-refractivity contribution is 6.29. The molecule has 0 aliphatic rings. The van der Waals surface area contributed by atoms with Gasteiger partial charge in [-0.2, -0.15) is 0 Å². The molecule has 1 amide bonds. The number of rotatable bonds is 6. The molecule has 2 rings (SSSR count). The van der Waals surface area contributed by atoms with Gasteiger partial charge in [0.25, 0.3) is 5.91 Å². The third kappa shape index (κ3) is 4.37. The van der Waals surface area contributed by atoms with Crippen molar-refractivity contribution in [1.29, 1.82) is 0 Å². The molecular formula is C13H15ClN4O. The lowest BCUT2D eigenvalue weighted by Gasteiger charge is -2.05. The van der Waals surface area contributed by atoms with E-state index in [4.69, 9.17) is 11.6 Å². The molecule has 2 heterocycles. The van der Waals surface area contributed by atoms with Gasteiger partial charge in [0.1, 0.15) is 5.15 Å². The summed E-state index contributed by atoms with van der Waals surface area (Å²) in [6, 6.07) is 3.20. The zero-order chi connectivity index (χ0) is 13.5. The molecule has 6 heteroatoms. The van der Waals surface area contributed by atoms with Gasteiger partial charge in [0.15, 0.2) is 0 Å². The lowest BCUT2D eigenvalue weighted by molar-refractivity contribution is 0.0952. The average Bonchev–Trinajstić information content (AvgIpc) is 2.91. The molecule has 0 bridgehead atoms. The molecule has 0 saturated heterocycles. The van der Waals surface area contributed by atoms with E-state index in [-0.39, 0.29) is 5.91 Å². The Morgan fingerprint density at radius 3 is 3.00 bits per heavy atom. The highest BCUT2D eigenvalue weighted by Crippen LogP contribution is 2.06. The molecule has 5 nitrogen and oxygen atoms in total. The second-order valence-electron chi connectivity index (χ2n) is 4.13. The summed E-state index contributed by atoms with van der Waals surface area (Å²) in [5, 5.41) is 3.18. The van der Waals surface area contributed by atoms with Crippen LogP contribution < -0.4 is 5.32 Å². The Bertz CT molecular complexity index is 527. The normalized spacial score (nSPS) is 10.4. The molecule has 0 unspecified atom stereocenters. The van der Waals surface area contributed by atoms with Gasteiger partial charge in [-0.3, -0.25) is 4.79 Å². The molecule has 0 aromatic carbocycles. The lowest BCUT2D eigenvalue weighted by atomic mass is 10.2. The standard InChI is InChI=1S/C13H15ClN4O/c14-12-9-11(3-5-16-12)13(19)17-4-1-2-7-18-8-6-15-10-18/h3,5-6,8-10H,1-2,4,7H2,(H,17,19). The molecule has 0 fully saturated rings. The second kappa shape index (κ2) is 6.89. The van der Waals surface area contributed by atoms with Gasteiger partial charge in [0.2, 0.25) is 0 Å². The third-order valence-corrected chi connectivity index (χ3v) is 2.88. The van der Waals surface area contributed by atoms with Gasteiger partial charge in [0, 0.05) is 37.2 Å². The number of aromatic nitrogens is 3. The Morgan fingerprint density at radius 2 is 2.26 bits per heavy atom. The zero-order valence-electron chi connectivity index (χ0n) is 10.4. The zero-order valence-corrected chi connectivity index (χ0v) is 11.2. The molecule has 2 aromatic heterocycles. The van der Waals surface area contributed by atoms with Crippen molar-refractivity contribution in [3.63, 3.8) is 0 Å². The monoisotopic (exact) mass is 278 g/mol. The van der Waals surface area contributed by atoms with Crippen LogP contribution in [0.2, 0.25) is 5.15 Å². The first kappa shape index (κ1) is 13.5. The molecular weight excluding hydrogens is 264 g/mol. The van der Waals surface area contributed by atoms with Crippen molar-refractivity contribution in [2.24, 2.45) is 0 Å². The first-order valence-electron chi connectivity index (χ1n) is 6.11. The van der Waals surface area contributed by atoms with Gasteiger partial charge in [-0.25, -0.2) is 9.97 Å². The lowest BCUT2D eigenvalue weighted by Crippen LogP contribution is -2.24. The molecule has 0 aliphatic carbocycles. The van der Waals surface area contributed by atoms with Crippen molar-refractivity contribution in [2.45, 2.75) is 19.4 Å². The number of nitrogens with one attached hydrogen (secondary N) is 1. The molecule has 0 saturated carbocycles. The average molecular weight is 279 g/mol. The summed E-state index contributed by atoms with van der Waals surface area (Å²) in [5.74, 6) is -0.119. The van der Waals surface area contributed by atoms with Gasteiger partial charge < -0.3 is 9.88 Å². The smallest absolute Gasteiger partial charge is 0.251 e. The van der Waals surface area contributed by atoms with Crippen LogP contribution in [0.25, 0.3) is 0 Å². The van der Waals surface area contributed by atoms with Crippen LogP contribution in [-0.2, 0) is 6.54 Å². The van der Waals surface area contributed by atoms with Crippen molar-refractivity contribution in [3.05, 3.63) is 47.8 Å². The number of aryl methyl sites for hydroxylation is 1. The van der Waals surface area contributed by atoms with Crippen LogP contribution in [0.5, 0.6) is 0 Å². The Balaban J connectivity index is 1.67. The number of pyridine rings is 1.